The Kier molecular flexibility index (Phi) is 6.00. The highest BCUT2D eigenvalue weighted by Crippen LogP contribution is 2.24. The smallest absolute Gasteiger partial charge is 0.289 e. The van der Waals surface area contributed by atoms with Crippen molar-refractivity contribution in [2.75, 3.05) is 19.6 Å². The van der Waals surface area contributed by atoms with E-state index in [1.807, 2.05) is 0 Å². The van der Waals surface area contributed by atoms with Gasteiger partial charge in [-0.15, -0.1) is 0 Å². The average Bonchev–Trinajstić information content (AvgIpc) is 2.73. The van der Waals surface area contributed by atoms with Crippen LogP contribution in [-0.4, -0.2) is 48.8 Å². The SMILES string of the molecule is O=C(c1cccnc1)N1CCC(CNS(=O)(=O)c2ccccc2[N+](=O)[O-])CC1. The number of sulfonamides is 1. The number of benzene rings is 1. The van der Waals surface area contributed by atoms with Gasteiger partial charge in [0.2, 0.25) is 10.0 Å². The van der Waals surface area contributed by atoms with Gasteiger partial charge in [0.1, 0.15) is 0 Å². The molecule has 0 saturated carbocycles. The van der Waals surface area contributed by atoms with Crippen molar-refractivity contribution >= 4 is 21.6 Å². The molecule has 1 saturated heterocycles. The van der Waals surface area contributed by atoms with Crippen molar-refractivity contribution < 1.29 is 18.1 Å². The van der Waals surface area contributed by atoms with Crippen LogP contribution in [0.15, 0.2) is 53.7 Å². The Balaban J connectivity index is 1.57. The number of rotatable bonds is 6. The van der Waals surface area contributed by atoms with Gasteiger partial charge in [0.15, 0.2) is 4.90 Å². The number of hydrogen-bond acceptors (Lipinski definition) is 6. The van der Waals surface area contributed by atoms with Crippen molar-refractivity contribution in [3.05, 3.63) is 64.5 Å². The molecule has 28 heavy (non-hydrogen) atoms. The van der Waals surface area contributed by atoms with Gasteiger partial charge in [-0.3, -0.25) is 19.9 Å². The number of para-hydroxylation sites is 1. The number of carbonyl (C=O) groups is 1. The first-order valence-electron chi connectivity index (χ1n) is 8.81. The first-order chi connectivity index (χ1) is 13.4. The van der Waals surface area contributed by atoms with Crippen molar-refractivity contribution in [1.82, 2.24) is 14.6 Å². The molecule has 0 spiro atoms. The molecule has 1 aliphatic heterocycles. The van der Waals surface area contributed by atoms with Gasteiger partial charge in [0.25, 0.3) is 11.6 Å². The van der Waals surface area contributed by atoms with Crippen LogP contribution in [0.4, 0.5) is 5.69 Å². The Labute approximate surface area is 162 Å². The van der Waals surface area contributed by atoms with Crippen LogP contribution in [-0.2, 0) is 10.0 Å². The third-order valence-corrected chi connectivity index (χ3v) is 6.19. The Hall–Kier alpha value is -2.85. The van der Waals surface area contributed by atoms with Gasteiger partial charge in [-0.25, -0.2) is 13.1 Å². The van der Waals surface area contributed by atoms with E-state index in [-0.39, 0.29) is 23.3 Å². The highest BCUT2D eigenvalue weighted by Gasteiger charge is 2.28. The van der Waals surface area contributed by atoms with Crippen molar-refractivity contribution in [2.45, 2.75) is 17.7 Å². The van der Waals surface area contributed by atoms with E-state index in [9.17, 15) is 23.3 Å². The lowest BCUT2D eigenvalue weighted by Crippen LogP contribution is -2.41. The quantitative estimate of drug-likeness (QED) is 0.579. The number of piperidine rings is 1. The molecule has 1 amide bonds. The lowest BCUT2D eigenvalue weighted by molar-refractivity contribution is -0.387. The molecule has 1 aromatic carbocycles. The number of nitro groups is 1. The first kappa shape index (κ1) is 19.9. The molecular formula is C18H20N4O5S. The van der Waals surface area contributed by atoms with Crippen LogP contribution in [0, 0.1) is 16.0 Å². The Bertz CT molecular complexity index is 957. The largest absolute Gasteiger partial charge is 0.339 e. The van der Waals surface area contributed by atoms with E-state index in [4.69, 9.17) is 0 Å². The summed E-state index contributed by atoms with van der Waals surface area (Å²) in [5.74, 6) is -0.0393. The minimum atomic E-state index is -3.99. The van der Waals surface area contributed by atoms with Gasteiger partial charge in [-0.2, -0.15) is 0 Å². The normalized spacial score (nSPS) is 15.4. The van der Waals surface area contributed by atoms with Gasteiger partial charge in [-0.1, -0.05) is 12.1 Å². The topological polar surface area (TPSA) is 123 Å². The average molecular weight is 404 g/mol. The van der Waals surface area contributed by atoms with E-state index in [0.717, 1.165) is 6.07 Å². The molecule has 10 heteroatoms. The van der Waals surface area contributed by atoms with E-state index in [2.05, 4.69) is 9.71 Å². The van der Waals surface area contributed by atoms with Crippen LogP contribution in [0.25, 0.3) is 0 Å². The molecule has 1 aromatic heterocycles. The minimum absolute atomic E-state index is 0.0514. The second-order valence-electron chi connectivity index (χ2n) is 6.55. The summed E-state index contributed by atoms with van der Waals surface area (Å²) in [6.07, 6.45) is 4.42. The molecule has 0 radical (unpaired) electrons. The number of nitro benzene ring substituents is 1. The number of amides is 1. The zero-order chi connectivity index (χ0) is 20.1. The Morgan fingerprint density at radius 1 is 1.21 bits per heavy atom. The molecule has 1 aliphatic rings. The molecular weight excluding hydrogens is 384 g/mol. The monoisotopic (exact) mass is 404 g/mol. The first-order valence-corrected chi connectivity index (χ1v) is 10.3. The molecule has 0 unspecified atom stereocenters. The summed E-state index contributed by atoms with van der Waals surface area (Å²) >= 11 is 0. The molecule has 2 aromatic rings. The second kappa shape index (κ2) is 8.44. The number of nitrogens with one attached hydrogen (secondary N) is 1. The standard InChI is InChI=1S/C18H20N4O5S/c23-18(15-4-3-9-19-13-15)21-10-7-14(8-11-21)12-20-28(26,27)17-6-2-1-5-16(17)22(24)25/h1-6,9,13-14,20H,7-8,10-12H2. The minimum Gasteiger partial charge on any atom is -0.339 e. The van der Waals surface area contributed by atoms with Crippen LogP contribution in [0.5, 0.6) is 0 Å². The zero-order valence-electron chi connectivity index (χ0n) is 15.0. The van der Waals surface area contributed by atoms with Gasteiger partial charge >= 0.3 is 0 Å². The van der Waals surface area contributed by atoms with E-state index in [0.29, 0.717) is 31.5 Å². The maximum atomic E-state index is 12.5. The number of carbonyl (C=O) groups excluding carboxylic acids is 1. The van der Waals surface area contributed by atoms with E-state index in [1.54, 1.807) is 23.2 Å². The van der Waals surface area contributed by atoms with E-state index >= 15 is 0 Å². The third kappa shape index (κ3) is 4.52. The molecule has 148 valence electrons. The maximum Gasteiger partial charge on any atom is 0.289 e. The van der Waals surface area contributed by atoms with Crippen LogP contribution in [0.1, 0.15) is 23.2 Å². The Morgan fingerprint density at radius 3 is 2.57 bits per heavy atom. The summed E-state index contributed by atoms with van der Waals surface area (Å²) in [7, 11) is -3.99. The third-order valence-electron chi connectivity index (χ3n) is 4.72. The Morgan fingerprint density at radius 2 is 1.93 bits per heavy atom. The van der Waals surface area contributed by atoms with Crippen LogP contribution >= 0.6 is 0 Å². The van der Waals surface area contributed by atoms with Gasteiger partial charge in [0.05, 0.1) is 10.5 Å². The highest BCUT2D eigenvalue weighted by atomic mass is 32.2. The molecule has 0 aliphatic carbocycles. The summed E-state index contributed by atoms with van der Waals surface area (Å²) in [6.45, 7) is 1.21. The van der Waals surface area contributed by atoms with Crippen molar-refractivity contribution in [2.24, 2.45) is 5.92 Å². The molecule has 1 N–H and O–H groups in total. The van der Waals surface area contributed by atoms with Crippen molar-refractivity contribution in [3.63, 3.8) is 0 Å². The summed E-state index contributed by atoms with van der Waals surface area (Å²) < 4.78 is 27.4. The maximum absolute atomic E-state index is 12.5. The lowest BCUT2D eigenvalue weighted by Gasteiger charge is -2.32. The molecule has 2 heterocycles. The second-order valence-corrected chi connectivity index (χ2v) is 8.29. The summed E-state index contributed by atoms with van der Waals surface area (Å²) in [5, 5.41) is 11.1. The molecule has 3 rings (SSSR count). The number of likely N-dealkylation sites (tertiary alicyclic amines) is 1. The molecule has 1 fully saturated rings. The highest BCUT2D eigenvalue weighted by molar-refractivity contribution is 7.89. The van der Waals surface area contributed by atoms with Crippen LogP contribution in [0.2, 0.25) is 0 Å². The van der Waals surface area contributed by atoms with E-state index in [1.165, 1.54) is 24.4 Å². The van der Waals surface area contributed by atoms with Crippen molar-refractivity contribution in [1.29, 1.82) is 0 Å². The van der Waals surface area contributed by atoms with E-state index < -0.39 is 20.6 Å². The zero-order valence-corrected chi connectivity index (χ0v) is 15.8. The fourth-order valence-electron chi connectivity index (χ4n) is 3.15. The molecule has 0 bridgehead atoms. The predicted molar refractivity (Wildman–Crippen MR) is 101 cm³/mol. The number of pyridine rings is 1. The fourth-order valence-corrected chi connectivity index (χ4v) is 4.44. The summed E-state index contributed by atoms with van der Waals surface area (Å²) in [5.41, 5.74) is 0.0740. The summed E-state index contributed by atoms with van der Waals surface area (Å²) in [6, 6.07) is 8.67. The molecule has 0 atom stereocenters. The number of nitrogens with zero attached hydrogens (tertiary/aromatic N) is 3. The number of aromatic nitrogens is 1. The summed E-state index contributed by atoms with van der Waals surface area (Å²) in [4.78, 5) is 28.1. The van der Waals surface area contributed by atoms with Gasteiger partial charge in [-0.05, 0) is 37.0 Å². The number of hydrogen-bond donors (Lipinski definition) is 1. The lowest BCUT2D eigenvalue weighted by atomic mass is 9.97. The van der Waals surface area contributed by atoms with Crippen LogP contribution < -0.4 is 4.72 Å². The van der Waals surface area contributed by atoms with Crippen molar-refractivity contribution in [3.8, 4) is 0 Å². The van der Waals surface area contributed by atoms with Crippen LogP contribution in [0.3, 0.4) is 0 Å². The molecule has 9 nitrogen and oxygen atoms in total. The predicted octanol–water partition coefficient (Wildman–Crippen LogP) is 1.82. The fraction of sp³-hybridized carbons (Fsp3) is 0.333. The van der Waals surface area contributed by atoms with Gasteiger partial charge < -0.3 is 4.90 Å². The van der Waals surface area contributed by atoms with Gasteiger partial charge in [0, 0.05) is 38.1 Å².